The van der Waals surface area contributed by atoms with Gasteiger partial charge in [-0.25, -0.2) is 4.68 Å². The van der Waals surface area contributed by atoms with Crippen molar-refractivity contribution in [3.8, 4) is 11.5 Å². The van der Waals surface area contributed by atoms with Crippen LogP contribution in [0.2, 0.25) is 0 Å². The first-order valence-corrected chi connectivity index (χ1v) is 9.50. The smallest absolute Gasteiger partial charge is 0.273 e. The monoisotopic (exact) mass is 377 g/mol. The molecule has 4 rings (SSSR count). The number of amides is 1. The Balaban J connectivity index is 1.30. The van der Waals surface area contributed by atoms with Crippen LogP contribution in [-0.2, 0) is 6.54 Å². The van der Waals surface area contributed by atoms with E-state index in [1.165, 1.54) is 0 Å². The van der Waals surface area contributed by atoms with Gasteiger partial charge in [0.15, 0.2) is 5.69 Å². The molecule has 1 aromatic heterocycles. The number of carbonyl (C=O) groups excluding carboxylic acids is 1. The maximum absolute atomic E-state index is 12.4. The molecule has 1 aliphatic heterocycles. The first-order chi connectivity index (χ1) is 13.8. The fourth-order valence-corrected chi connectivity index (χ4v) is 3.20. The highest BCUT2D eigenvalue weighted by atomic mass is 16.5. The van der Waals surface area contributed by atoms with Gasteiger partial charge >= 0.3 is 0 Å². The standard InChI is InChI=1S/C21H23N5O2/c27-21(20-15-26(25-24-20)17-10-12-22-13-11-17)23-14-16-6-8-19(9-7-16)28-18-4-2-1-3-5-18/h1-9,15,17,22H,10-14H2,(H,23,27). The third kappa shape index (κ3) is 4.55. The number of piperidine rings is 1. The van der Waals surface area contributed by atoms with Crippen LogP contribution in [0.25, 0.3) is 0 Å². The molecule has 3 aromatic rings. The first kappa shape index (κ1) is 18.2. The minimum atomic E-state index is -0.218. The predicted molar refractivity (Wildman–Crippen MR) is 105 cm³/mol. The number of carbonyl (C=O) groups is 1. The van der Waals surface area contributed by atoms with E-state index in [1.807, 2.05) is 59.3 Å². The van der Waals surface area contributed by atoms with Gasteiger partial charge < -0.3 is 15.4 Å². The summed E-state index contributed by atoms with van der Waals surface area (Å²) < 4.78 is 7.59. The summed E-state index contributed by atoms with van der Waals surface area (Å²) in [4.78, 5) is 12.4. The zero-order valence-corrected chi connectivity index (χ0v) is 15.5. The van der Waals surface area contributed by atoms with Gasteiger partial charge in [-0.3, -0.25) is 4.79 Å². The minimum Gasteiger partial charge on any atom is -0.457 e. The van der Waals surface area contributed by atoms with E-state index in [9.17, 15) is 4.79 Å². The highest BCUT2D eigenvalue weighted by Crippen LogP contribution is 2.21. The molecule has 1 saturated heterocycles. The Morgan fingerprint density at radius 3 is 2.54 bits per heavy atom. The molecule has 0 unspecified atom stereocenters. The van der Waals surface area contributed by atoms with Gasteiger partial charge in [0.2, 0.25) is 0 Å². The van der Waals surface area contributed by atoms with Crippen molar-refractivity contribution in [1.82, 2.24) is 25.6 Å². The molecule has 1 aliphatic rings. The Hall–Kier alpha value is -3.19. The van der Waals surface area contributed by atoms with Gasteiger partial charge in [0.25, 0.3) is 5.91 Å². The zero-order chi connectivity index (χ0) is 19.2. The van der Waals surface area contributed by atoms with E-state index in [2.05, 4.69) is 20.9 Å². The van der Waals surface area contributed by atoms with E-state index in [4.69, 9.17) is 4.74 Å². The fraction of sp³-hybridized carbons (Fsp3) is 0.286. The van der Waals surface area contributed by atoms with Crippen LogP contribution in [0.5, 0.6) is 11.5 Å². The number of rotatable bonds is 6. The van der Waals surface area contributed by atoms with Gasteiger partial charge in [0.05, 0.1) is 12.2 Å². The van der Waals surface area contributed by atoms with E-state index in [0.29, 0.717) is 18.3 Å². The molecule has 0 bridgehead atoms. The van der Waals surface area contributed by atoms with E-state index < -0.39 is 0 Å². The molecule has 1 amide bonds. The summed E-state index contributed by atoms with van der Waals surface area (Å²) in [7, 11) is 0. The maximum atomic E-state index is 12.4. The Bertz CT molecular complexity index is 902. The van der Waals surface area contributed by atoms with Crippen LogP contribution < -0.4 is 15.4 Å². The van der Waals surface area contributed by atoms with Crippen LogP contribution in [0.15, 0.2) is 60.8 Å². The minimum absolute atomic E-state index is 0.218. The van der Waals surface area contributed by atoms with Gasteiger partial charge in [0.1, 0.15) is 11.5 Å². The Morgan fingerprint density at radius 2 is 1.79 bits per heavy atom. The van der Waals surface area contributed by atoms with E-state index in [0.717, 1.165) is 43.0 Å². The van der Waals surface area contributed by atoms with Crippen molar-refractivity contribution < 1.29 is 9.53 Å². The SMILES string of the molecule is O=C(NCc1ccc(Oc2ccccc2)cc1)c1cn(C2CCNCC2)nn1. The summed E-state index contributed by atoms with van der Waals surface area (Å²) >= 11 is 0. The van der Waals surface area contributed by atoms with Crippen LogP contribution in [0, 0.1) is 0 Å². The van der Waals surface area contributed by atoms with Crippen molar-refractivity contribution in [3.63, 3.8) is 0 Å². The molecule has 7 nitrogen and oxygen atoms in total. The van der Waals surface area contributed by atoms with Crippen molar-refractivity contribution in [2.45, 2.75) is 25.4 Å². The van der Waals surface area contributed by atoms with Crippen LogP contribution in [0.3, 0.4) is 0 Å². The second-order valence-corrected chi connectivity index (χ2v) is 6.81. The summed E-state index contributed by atoms with van der Waals surface area (Å²) in [5.74, 6) is 1.33. The fourth-order valence-electron chi connectivity index (χ4n) is 3.20. The second-order valence-electron chi connectivity index (χ2n) is 6.81. The molecule has 7 heteroatoms. The van der Waals surface area contributed by atoms with Crippen LogP contribution in [-0.4, -0.2) is 34.0 Å². The molecule has 2 N–H and O–H groups in total. The Morgan fingerprint density at radius 1 is 1.07 bits per heavy atom. The summed E-state index contributed by atoms with van der Waals surface area (Å²) in [6.07, 6.45) is 3.74. The topological polar surface area (TPSA) is 81.1 Å². The van der Waals surface area contributed by atoms with Crippen LogP contribution in [0.4, 0.5) is 0 Å². The summed E-state index contributed by atoms with van der Waals surface area (Å²) in [6, 6.07) is 17.6. The van der Waals surface area contributed by atoms with Gasteiger partial charge in [0, 0.05) is 6.54 Å². The van der Waals surface area contributed by atoms with Gasteiger partial charge in [-0.1, -0.05) is 35.5 Å². The lowest BCUT2D eigenvalue weighted by Gasteiger charge is -2.22. The lowest BCUT2D eigenvalue weighted by molar-refractivity contribution is 0.0946. The number of benzene rings is 2. The Kier molecular flexibility index (Phi) is 5.63. The maximum Gasteiger partial charge on any atom is 0.273 e. The van der Waals surface area contributed by atoms with Crippen LogP contribution >= 0.6 is 0 Å². The summed E-state index contributed by atoms with van der Waals surface area (Å²) in [6.45, 7) is 2.36. The molecule has 0 aliphatic carbocycles. The molecule has 1 fully saturated rings. The summed E-state index contributed by atoms with van der Waals surface area (Å²) in [5.41, 5.74) is 1.34. The number of nitrogens with one attached hydrogen (secondary N) is 2. The lowest BCUT2D eigenvalue weighted by Crippen LogP contribution is -2.29. The third-order valence-corrected chi connectivity index (χ3v) is 4.78. The van der Waals surface area contributed by atoms with E-state index in [-0.39, 0.29) is 5.91 Å². The number of hydrogen-bond acceptors (Lipinski definition) is 5. The largest absolute Gasteiger partial charge is 0.457 e. The molecular weight excluding hydrogens is 354 g/mol. The quantitative estimate of drug-likeness (QED) is 0.690. The normalized spacial score (nSPS) is 14.6. The predicted octanol–water partition coefficient (Wildman–Crippen LogP) is 2.92. The summed E-state index contributed by atoms with van der Waals surface area (Å²) in [5, 5.41) is 14.4. The molecule has 144 valence electrons. The third-order valence-electron chi connectivity index (χ3n) is 4.78. The molecule has 2 aromatic carbocycles. The molecule has 0 radical (unpaired) electrons. The van der Waals surface area contributed by atoms with Crippen LogP contribution in [0.1, 0.15) is 34.9 Å². The van der Waals surface area contributed by atoms with Crippen molar-refractivity contribution in [3.05, 3.63) is 72.1 Å². The molecule has 2 heterocycles. The Labute approximate surface area is 163 Å². The van der Waals surface area contributed by atoms with E-state index in [1.54, 1.807) is 6.20 Å². The van der Waals surface area contributed by atoms with Gasteiger partial charge in [-0.15, -0.1) is 5.10 Å². The number of hydrogen-bond donors (Lipinski definition) is 2. The molecule has 0 spiro atoms. The highest BCUT2D eigenvalue weighted by Gasteiger charge is 2.18. The molecule has 0 saturated carbocycles. The lowest BCUT2D eigenvalue weighted by atomic mass is 10.1. The van der Waals surface area contributed by atoms with Gasteiger partial charge in [-0.2, -0.15) is 0 Å². The molecule has 0 atom stereocenters. The number of ether oxygens (including phenoxy) is 1. The zero-order valence-electron chi connectivity index (χ0n) is 15.5. The molecule has 28 heavy (non-hydrogen) atoms. The van der Waals surface area contributed by atoms with Gasteiger partial charge in [-0.05, 0) is 55.8 Å². The number of aromatic nitrogens is 3. The number of para-hydroxylation sites is 1. The first-order valence-electron chi connectivity index (χ1n) is 9.50. The van der Waals surface area contributed by atoms with Crippen molar-refractivity contribution >= 4 is 5.91 Å². The van der Waals surface area contributed by atoms with E-state index >= 15 is 0 Å². The number of nitrogens with zero attached hydrogens (tertiary/aromatic N) is 3. The second kappa shape index (κ2) is 8.67. The highest BCUT2D eigenvalue weighted by molar-refractivity contribution is 5.91. The van der Waals surface area contributed by atoms with Crippen molar-refractivity contribution in [2.75, 3.05) is 13.1 Å². The average molecular weight is 377 g/mol. The van der Waals surface area contributed by atoms with Crippen molar-refractivity contribution in [2.24, 2.45) is 0 Å². The average Bonchev–Trinajstić information content (AvgIpc) is 3.25. The molecular formula is C21H23N5O2. The van der Waals surface area contributed by atoms with Crippen molar-refractivity contribution in [1.29, 1.82) is 0 Å².